The molecular weight excluding hydrogens is 338 g/mol. The number of nitrogens with one attached hydrogen (secondary N) is 1. The van der Waals surface area contributed by atoms with Gasteiger partial charge in [-0.3, -0.25) is 14.9 Å². The van der Waals surface area contributed by atoms with Crippen LogP contribution < -0.4 is 5.43 Å². The molecule has 0 saturated heterocycles. The van der Waals surface area contributed by atoms with Crippen molar-refractivity contribution in [1.29, 1.82) is 0 Å². The zero-order chi connectivity index (χ0) is 18.2. The van der Waals surface area contributed by atoms with E-state index in [-0.39, 0.29) is 11.6 Å². The zero-order valence-corrected chi connectivity index (χ0v) is 14.9. The Balaban J connectivity index is 1.86. The third-order valence-electron chi connectivity index (χ3n) is 3.58. The van der Waals surface area contributed by atoms with Crippen molar-refractivity contribution in [3.8, 4) is 0 Å². The van der Waals surface area contributed by atoms with Gasteiger partial charge >= 0.3 is 0 Å². The first-order chi connectivity index (χ1) is 12.0. The normalized spacial score (nSPS) is 11.2. The molecule has 0 aliphatic rings. The summed E-state index contributed by atoms with van der Waals surface area (Å²) in [5.41, 5.74) is 6.00. The van der Waals surface area contributed by atoms with Gasteiger partial charge in [0, 0.05) is 23.4 Å². The number of aryl methyl sites for hydroxylation is 1. The molecule has 0 unspecified atom stereocenters. The molecule has 0 radical (unpaired) electrons. The Hall–Kier alpha value is -2.67. The van der Waals surface area contributed by atoms with Crippen LogP contribution in [-0.2, 0) is 10.5 Å². The van der Waals surface area contributed by atoms with E-state index in [4.69, 9.17) is 0 Å². The predicted octanol–water partition coefficient (Wildman–Crippen LogP) is 3.68. The number of carbonyl (C=O) groups is 1. The Morgan fingerprint density at radius 1 is 1.24 bits per heavy atom. The summed E-state index contributed by atoms with van der Waals surface area (Å²) in [7, 11) is 0. The third kappa shape index (κ3) is 5.72. The van der Waals surface area contributed by atoms with E-state index in [1.165, 1.54) is 35.0 Å². The number of thioether (sulfide) groups is 1. The number of rotatable bonds is 7. The van der Waals surface area contributed by atoms with E-state index in [2.05, 4.69) is 10.5 Å². The number of hydrogen-bond acceptors (Lipinski definition) is 5. The quantitative estimate of drug-likeness (QED) is 0.465. The second-order valence-corrected chi connectivity index (χ2v) is 6.44. The summed E-state index contributed by atoms with van der Waals surface area (Å²) in [5, 5.41) is 14.8. The van der Waals surface area contributed by atoms with Gasteiger partial charge in [0.25, 0.3) is 5.69 Å². The SMILES string of the molecule is C/C(=N/NC(=O)CSCc1ccccc1C)c1cccc([N+](=O)[O-])c1. The number of hydrogen-bond donors (Lipinski definition) is 1. The second kappa shape index (κ2) is 8.98. The highest BCUT2D eigenvalue weighted by atomic mass is 32.2. The molecule has 1 N–H and O–H groups in total. The monoisotopic (exact) mass is 357 g/mol. The van der Waals surface area contributed by atoms with Crippen molar-refractivity contribution in [2.24, 2.45) is 5.10 Å². The maximum atomic E-state index is 11.9. The average Bonchev–Trinajstić information content (AvgIpc) is 2.61. The minimum Gasteiger partial charge on any atom is -0.272 e. The van der Waals surface area contributed by atoms with Gasteiger partial charge in [-0.05, 0) is 25.0 Å². The van der Waals surface area contributed by atoms with E-state index in [0.717, 1.165) is 5.75 Å². The summed E-state index contributed by atoms with van der Waals surface area (Å²) >= 11 is 1.51. The topological polar surface area (TPSA) is 84.6 Å². The van der Waals surface area contributed by atoms with Crippen molar-refractivity contribution in [2.75, 3.05) is 5.75 Å². The molecule has 1 amide bonds. The Bertz CT molecular complexity index is 806. The van der Waals surface area contributed by atoms with Gasteiger partial charge in [0.1, 0.15) is 0 Å². The molecule has 0 saturated carbocycles. The van der Waals surface area contributed by atoms with Crippen LogP contribution in [0.2, 0.25) is 0 Å². The highest BCUT2D eigenvalue weighted by molar-refractivity contribution is 7.99. The summed E-state index contributed by atoms with van der Waals surface area (Å²) < 4.78 is 0. The standard InChI is InChI=1S/C18H19N3O3S/c1-13-6-3-4-7-16(13)11-25-12-18(22)20-19-14(2)15-8-5-9-17(10-15)21(23)24/h3-10H,11-12H2,1-2H3,(H,20,22)/b19-14-. The molecule has 0 atom stereocenters. The predicted molar refractivity (Wildman–Crippen MR) is 101 cm³/mol. The van der Waals surface area contributed by atoms with Crippen LogP contribution in [0.15, 0.2) is 53.6 Å². The summed E-state index contributed by atoms with van der Waals surface area (Å²) in [6.45, 7) is 3.74. The van der Waals surface area contributed by atoms with Crippen LogP contribution in [0.3, 0.4) is 0 Å². The number of hydrazone groups is 1. The van der Waals surface area contributed by atoms with Gasteiger partial charge in [0.15, 0.2) is 0 Å². The largest absolute Gasteiger partial charge is 0.272 e. The lowest BCUT2D eigenvalue weighted by atomic mass is 10.1. The lowest BCUT2D eigenvalue weighted by Gasteiger charge is -2.05. The Morgan fingerprint density at radius 3 is 2.72 bits per heavy atom. The molecule has 25 heavy (non-hydrogen) atoms. The highest BCUT2D eigenvalue weighted by Crippen LogP contribution is 2.16. The van der Waals surface area contributed by atoms with Gasteiger partial charge in [-0.1, -0.05) is 36.4 Å². The number of non-ortho nitro benzene ring substituents is 1. The Kier molecular flexibility index (Phi) is 6.71. The van der Waals surface area contributed by atoms with Gasteiger partial charge in [-0.25, -0.2) is 5.43 Å². The molecule has 0 heterocycles. The number of nitro groups is 1. The summed E-state index contributed by atoms with van der Waals surface area (Å²) in [6.07, 6.45) is 0. The molecule has 2 aromatic rings. The van der Waals surface area contributed by atoms with Crippen molar-refractivity contribution in [1.82, 2.24) is 5.43 Å². The van der Waals surface area contributed by atoms with Crippen LogP contribution in [0.25, 0.3) is 0 Å². The Morgan fingerprint density at radius 2 is 2.00 bits per heavy atom. The van der Waals surface area contributed by atoms with E-state index in [0.29, 0.717) is 17.0 Å². The van der Waals surface area contributed by atoms with E-state index in [1.54, 1.807) is 19.1 Å². The van der Waals surface area contributed by atoms with Crippen LogP contribution in [0.4, 0.5) is 5.69 Å². The molecule has 0 fully saturated rings. The average molecular weight is 357 g/mol. The summed E-state index contributed by atoms with van der Waals surface area (Å²) in [5.74, 6) is 0.844. The van der Waals surface area contributed by atoms with Crippen LogP contribution in [-0.4, -0.2) is 22.3 Å². The molecule has 0 aliphatic heterocycles. The number of nitro benzene ring substituents is 1. The van der Waals surface area contributed by atoms with Crippen molar-refractivity contribution in [3.05, 3.63) is 75.3 Å². The van der Waals surface area contributed by atoms with Gasteiger partial charge in [-0.2, -0.15) is 5.10 Å². The lowest BCUT2D eigenvalue weighted by molar-refractivity contribution is -0.384. The summed E-state index contributed by atoms with van der Waals surface area (Å²) in [6, 6.07) is 14.2. The third-order valence-corrected chi connectivity index (χ3v) is 4.56. The molecule has 130 valence electrons. The fourth-order valence-electron chi connectivity index (χ4n) is 2.11. The number of nitrogens with zero attached hydrogens (tertiary/aromatic N) is 2. The van der Waals surface area contributed by atoms with E-state index in [9.17, 15) is 14.9 Å². The molecular formula is C18H19N3O3S. The van der Waals surface area contributed by atoms with Crippen LogP contribution >= 0.6 is 11.8 Å². The van der Waals surface area contributed by atoms with Crippen LogP contribution in [0.1, 0.15) is 23.6 Å². The second-order valence-electron chi connectivity index (χ2n) is 5.46. The molecule has 6 nitrogen and oxygen atoms in total. The fourth-order valence-corrected chi connectivity index (χ4v) is 3.01. The first-order valence-corrected chi connectivity index (χ1v) is 8.83. The molecule has 0 aliphatic carbocycles. The van der Waals surface area contributed by atoms with Gasteiger partial charge in [0.2, 0.25) is 5.91 Å². The highest BCUT2D eigenvalue weighted by Gasteiger charge is 2.08. The first-order valence-electron chi connectivity index (χ1n) is 7.67. The minimum absolute atomic E-state index is 0.00726. The molecule has 0 spiro atoms. The maximum Gasteiger partial charge on any atom is 0.270 e. The summed E-state index contributed by atoms with van der Waals surface area (Å²) in [4.78, 5) is 22.2. The van der Waals surface area contributed by atoms with Crippen molar-refractivity contribution in [2.45, 2.75) is 19.6 Å². The van der Waals surface area contributed by atoms with Gasteiger partial charge < -0.3 is 0 Å². The number of benzene rings is 2. The first kappa shape index (κ1) is 18.7. The van der Waals surface area contributed by atoms with Crippen molar-refractivity contribution < 1.29 is 9.72 Å². The smallest absolute Gasteiger partial charge is 0.270 e. The Labute approximate surface area is 150 Å². The molecule has 2 aromatic carbocycles. The maximum absolute atomic E-state index is 11.9. The zero-order valence-electron chi connectivity index (χ0n) is 14.1. The molecule has 2 rings (SSSR count). The van der Waals surface area contributed by atoms with Crippen LogP contribution in [0, 0.1) is 17.0 Å². The van der Waals surface area contributed by atoms with E-state index < -0.39 is 4.92 Å². The van der Waals surface area contributed by atoms with Gasteiger partial charge in [0.05, 0.1) is 16.4 Å². The van der Waals surface area contributed by atoms with Crippen molar-refractivity contribution >= 4 is 29.1 Å². The number of amides is 1. The lowest BCUT2D eigenvalue weighted by Crippen LogP contribution is -2.21. The van der Waals surface area contributed by atoms with Crippen molar-refractivity contribution in [3.63, 3.8) is 0 Å². The van der Waals surface area contributed by atoms with E-state index >= 15 is 0 Å². The fraction of sp³-hybridized carbons (Fsp3) is 0.222. The van der Waals surface area contributed by atoms with Gasteiger partial charge in [-0.15, -0.1) is 11.8 Å². The molecule has 7 heteroatoms. The molecule has 0 aromatic heterocycles. The van der Waals surface area contributed by atoms with Crippen LogP contribution in [0.5, 0.6) is 0 Å². The number of carbonyl (C=O) groups excluding carboxylic acids is 1. The molecule has 0 bridgehead atoms. The minimum atomic E-state index is -0.461. The van der Waals surface area contributed by atoms with E-state index in [1.807, 2.05) is 31.2 Å².